The van der Waals surface area contributed by atoms with Gasteiger partial charge >= 0.3 is 23.9 Å². The number of carboxylic acids is 1. The van der Waals surface area contributed by atoms with Gasteiger partial charge in [0, 0.05) is 48.9 Å². The number of carbonyl (C=O) groups excluding carboxylic acids is 3. The molecule has 0 atom stereocenters. The fraction of sp³-hybridized carbons (Fsp3) is 0.242. The van der Waals surface area contributed by atoms with E-state index < -0.39 is 41.2 Å². The van der Waals surface area contributed by atoms with E-state index in [0.717, 1.165) is 91.5 Å². The largest absolute Gasteiger partial charge is 0.508 e. The van der Waals surface area contributed by atoms with Gasteiger partial charge in [-0.05, 0) is 155 Å². The number of benzene rings is 8. The summed E-state index contributed by atoms with van der Waals surface area (Å²) in [4.78, 5) is 46.6. The number of carbonyl (C=O) groups is 4. The first kappa shape index (κ1) is 60.9. The first-order valence-electron chi connectivity index (χ1n) is 26.7. The van der Waals surface area contributed by atoms with E-state index in [1.807, 2.05) is 18.2 Å². The minimum atomic E-state index is -0.773. The maximum absolute atomic E-state index is 14.5. The van der Waals surface area contributed by atoms with Gasteiger partial charge in [0.15, 0.2) is 0 Å². The number of aromatic hydroxyl groups is 1. The minimum Gasteiger partial charge on any atom is -0.508 e. The third-order valence-corrected chi connectivity index (χ3v) is 12.8. The van der Waals surface area contributed by atoms with Gasteiger partial charge in [-0.25, -0.2) is 17.6 Å². The quantitative estimate of drug-likeness (QED) is 0.0269. The molecule has 0 aliphatic heterocycles. The standard InChI is InChI=1S/C33H29F2NO4.C22H24F2O4.C11H7NO/c34-27-14-11-24(12-15-27)30-18-17-29(21-31(30)35)40-33(38)8-6-4-2-1-3-5-7-32(37)39-28-16-13-25-19-23(22-36)9-10-26(25)20-28;23-17-11-9-16(10-12-17)19-14-13-18(15-20(19)24)28-22(27)8-6-4-2-1-3-5-7-21(25)26;12-7-8-1-2-10-6-11(13)4-3-9(10)5-8/h9-21H,1-8H2;9-15H,1-8H2,(H,25,26);1-6,13H. The van der Waals surface area contributed by atoms with Crippen molar-refractivity contribution in [1.82, 2.24) is 0 Å². The molecule has 0 unspecified atom stereocenters. The summed E-state index contributed by atoms with van der Waals surface area (Å²) in [6.07, 6.45) is 11.0. The van der Waals surface area contributed by atoms with Crippen molar-refractivity contribution in [2.75, 3.05) is 0 Å². The minimum absolute atomic E-state index is 0.136. The number of phenols is 1. The summed E-state index contributed by atoms with van der Waals surface area (Å²) in [5.41, 5.74) is 2.91. The van der Waals surface area contributed by atoms with E-state index >= 15 is 0 Å². The van der Waals surface area contributed by atoms with Gasteiger partial charge < -0.3 is 24.4 Å². The molecule has 0 aromatic heterocycles. The SMILES string of the molecule is N#Cc1ccc2cc(O)ccc2c1.N#Cc1ccc2cc(OC(=O)CCCCCCCCC(=O)Oc3ccc(-c4ccc(F)cc4)c(F)c3)ccc2c1.O=C(O)CCCCCCCCC(=O)Oc1ccc(-c2ccc(F)cc2)c(F)c1. The topological polar surface area (TPSA) is 184 Å². The first-order chi connectivity index (χ1) is 39.2. The Kier molecular flexibility index (Phi) is 24.0. The fourth-order valence-electron chi connectivity index (χ4n) is 8.55. The second-order valence-corrected chi connectivity index (χ2v) is 19.0. The maximum atomic E-state index is 14.5. The Balaban J connectivity index is 0.000000221. The van der Waals surface area contributed by atoms with Gasteiger partial charge in [0.25, 0.3) is 0 Å². The summed E-state index contributed by atoms with van der Waals surface area (Å²) in [6, 6.07) is 44.7. The molecule has 0 fully saturated rings. The number of phenolic OH excluding ortho intramolecular Hbond substituents is 1. The molecule has 11 nitrogen and oxygen atoms in total. The van der Waals surface area contributed by atoms with Crippen molar-refractivity contribution in [2.24, 2.45) is 0 Å². The number of fused-ring (bicyclic) bond motifs is 2. The second-order valence-electron chi connectivity index (χ2n) is 19.0. The fourth-order valence-corrected chi connectivity index (χ4v) is 8.55. The number of esters is 3. The molecule has 8 rings (SSSR count). The summed E-state index contributed by atoms with van der Waals surface area (Å²) in [6.45, 7) is 0. The van der Waals surface area contributed by atoms with Crippen LogP contribution in [0.25, 0.3) is 43.8 Å². The van der Waals surface area contributed by atoms with Crippen molar-refractivity contribution in [3.8, 4) is 57.4 Å². The van der Waals surface area contributed by atoms with Crippen LogP contribution in [0, 0.1) is 45.9 Å². The smallest absolute Gasteiger partial charge is 0.311 e. The molecule has 8 aromatic rings. The monoisotopic (exact) mass is 1100 g/mol. The van der Waals surface area contributed by atoms with E-state index in [4.69, 9.17) is 29.8 Å². The molecule has 15 heteroatoms. The Bertz CT molecular complexity index is 3500. The van der Waals surface area contributed by atoms with Crippen molar-refractivity contribution in [1.29, 1.82) is 10.5 Å². The van der Waals surface area contributed by atoms with Gasteiger partial charge in [-0.2, -0.15) is 10.5 Å². The molecule has 8 aromatic carbocycles. The highest BCUT2D eigenvalue weighted by Gasteiger charge is 2.13. The van der Waals surface area contributed by atoms with E-state index in [-0.39, 0.29) is 42.5 Å². The zero-order valence-electron chi connectivity index (χ0n) is 44.5. The molecular formula is C66H60F4N2O9. The molecule has 2 N–H and O–H groups in total. The van der Waals surface area contributed by atoms with Crippen LogP contribution in [0.2, 0.25) is 0 Å². The van der Waals surface area contributed by atoms with Crippen LogP contribution in [0.1, 0.15) is 114 Å². The molecule has 0 aliphatic carbocycles. The Labute approximate surface area is 467 Å². The van der Waals surface area contributed by atoms with Crippen LogP contribution in [0.5, 0.6) is 23.0 Å². The molecular weight excluding hydrogens is 1040 g/mol. The number of unbranched alkanes of at least 4 members (excludes halogenated alkanes) is 10. The van der Waals surface area contributed by atoms with Crippen molar-refractivity contribution in [3.05, 3.63) is 192 Å². The van der Waals surface area contributed by atoms with Gasteiger partial charge in [-0.15, -0.1) is 0 Å². The lowest BCUT2D eigenvalue weighted by molar-refractivity contribution is -0.137. The highest BCUT2D eigenvalue weighted by Crippen LogP contribution is 2.29. The van der Waals surface area contributed by atoms with Crippen molar-refractivity contribution < 1.29 is 61.2 Å². The molecule has 0 amide bonds. The van der Waals surface area contributed by atoms with Gasteiger partial charge in [0.2, 0.25) is 0 Å². The Morgan fingerprint density at radius 3 is 1.11 bits per heavy atom. The average molecular weight is 1100 g/mol. The van der Waals surface area contributed by atoms with Crippen molar-refractivity contribution in [3.63, 3.8) is 0 Å². The van der Waals surface area contributed by atoms with Crippen molar-refractivity contribution >= 4 is 45.4 Å². The van der Waals surface area contributed by atoms with E-state index in [2.05, 4.69) is 12.1 Å². The molecule has 0 heterocycles. The summed E-state index contributed by atoms with van der Waals surface area (Å²) in [7, 11) is 0. The summed E-state index contributed by atoms with van der Waals surface area (Å²) in [5.74, 6) is -2.76. The highest BCUT2D eigenvalue weighted by atomic mass is 19.1. The highest BCUT2D eigenvalue weighted by molar-refractivity contribution is 5.86. The molecule has 0 spiro atoms. The number of hydrogen-bond donors (Lipinski definition) is 2. The van der Waals surface area contributed by atoms with Crippen molar-refractivity contribution in [2.45, 2.75) is 103 Å². The third kappa shape index (κ3) is 20.8. The molecule has 0 saturated carbocycles. The Morgan fingerprint density at radius 1 is 0.383 bits per heavy atom. The third-order valence-electron chi connectivity index (χ3n) is 12.8. The van der Waals surface area contributed by atoms with Crippen LogP contribution in [0.15, 0.2) is 158 Å². The van der Waals surface area contributed by atoms with Gasteiger partial charge in [0.05, 0.1) is 23.3 Å². The normalized spacial score (nSPS) is 10.5. The zero-order chi connectivity index (χ0) is 57.9. The zero-order valence-corrected chi connectivity index (χ0v) is 44.5. The number of hydrogen-bond acceptors (Lipinski definition) is 10. The summed E-state index contributed by atoms with van der Waals surface area (Å²) >= 11 is 0. The van der Waals surface area contributed by atoms with Crippen LogP contribution in [-0.2, 0) is 19.2 Å². The number of nitriles is 2. The predicted molar refractivity (Wildman–Crippen MR) is 301 cm³/mol. The number of rotatable bonds is 23. The lowest BCUT2D eigenvalue weighted by Crippen LogP contribution is -2.08. The molecule has 416 valence electrons. The summed E-state index contributed by atoms with van der Waals surface area (Å²) in [5, 5.41) is 39.1. The van der Waals surface area contributed by atoms with Crippen LogP contribution in [0.4, 0.5) is 17.6 Å². The molecule has 0 bridgehead atoms. The van der Waals surface area contributed by atoms with Crippen LogP contribution in [0.3, 0.4) is 0 Å². The predicted octanol–water partition coefficient (Wildman–Crippen LogP) is 16.4. The van der Waals surface area contributed by atoms with Crippen LogP contribution in [-0.4, -0.2) is 34.1 Å². The molecule has 0 radical (unpaired) electrons. The number of ether oxygens (including phenoxy) is 3. The number of nitrogens with zero attached hydrogens (tertiary/aromatic N) is 2. The maximum Gasteiger partial charge on any atom is 0.311 e. The first-order valence-corrected chi connectivity index (χ1v) is 26.7. The lowest BCUT2D eigenvalue weighted by Gasteiger charge is -2.08. The van der Waals surface area contributed by atoms with E-state index in [9.17, 15) is 41.8 Å². The number of halogens is 4. The number of carboxylic acid groups (broad SMARTS) is 1. The molecule has 0 aliphatic rings. The van der Waals surface area contributed by atoms with Gasteiger partial charge in [0.1, 0.15) is 46.3 Å². The van der Waals surface area contributed by atoms with Gasteiger partial charge in [-0.1, -0.05) is 99.9 Å². The van der Waals surface area contributed by atoms with Gasteiger partial charge in [-0.3, -0.25) is 19.2 Å². The van der Waals surface area contributed by atoms with E-state index in [1.54, 1.807) is 54.6 Å². The Morgan fingerprint density at radius 2 is 0.716 bits per heavy atom. The van der Waals surface area contributed by atoms with E-state index in [0.29, 0.717) is 64.8 Å². The second kappa shape index (κ2) is 31.9. The Hall–Kier alpha value is -9.34. The number of aliphatic carboxylic acids is 1. The van der Waals surface area contributed by atoms with Crippen LogP contribution >= 0.6 is 0 Å². The van der Waals surface area contributed by atoms with E-state index in [1.165, 1.54) is 72.8 Å². The molecule has 81 heavy (non-hydrogen) atoms. The van der Waals surface area contributed by atoms with Crippen LogP contribution < -0.4 is 14.2 Å². The molecule has 0 saturated heterocycles. The summed E-state index contributed by atoms with van der Waals surface area (Å²) < 4.78 is 70.7. The lowest BCUT2D eigenvalue weighted by atomic mass is 10.1. The average Bonchev–Trinajstić information content (AvgIpc) is 3.54.